The van der Waals surface area contributed by atoms with Gasteiger partial charge in [-0.3, -0.25) is 4.84 Å². The minimum atomic E-state index is 0.189. The Morgan fingerprint density at radius 1 is 1.22 bits per heavy atom. The molecule has 1 aromatic rings. The van der Waals surface area contributed by atoms with Crippen molar-refractivity contribution in [3.05, 3.63) is 17.7 Å². The number of ether oxygens (including phenoxy) is 3. The zero-order chi connectivity index (χ0) is 12.7. The van der Waals surface area contributed by atoms with Crippen LogP contribution in [0.1, 0.15) is 11.6 Å². The third-order valence-electron chi connectivity index (χ3n) is 3.61. The van der Waals surface area contributed by atoms with E-state index in [9.17, 15) is 0 Å². The van der Waals surface area contributed by atoms with Gasteiger partial charge >= 0.3 is 0 Å². The molecule has 1 aromatic carbocycles. The van der Waals surface area contributed by atoms with E-state index in [0.29, 0.717) is 19.1 Å². The Morgan fingerprint density at radius 2 is 2.06 bits per heavy atom. The van der Waals surface area contributed by atoms with Crippen LogP contribution in [-0.2, 0) is 4.84 Å². The number of methoxy groups -OCH3 is 2. The topological polar surface area (TPSA) is 40.2 Å². The fraction of sp³-hybridized carbons (Fsp3) is 0.538. The van der Waals surface area contributed by atoms with Crippen LogP contribution in [0.5, 0.6) is 17.2 Å². The van der Waals surface area contributed by atoms with Gasteiger partial charge in [0.2, 0.25) is 0 Å². The predicted octanol–water partition coefficient (Wildman–Crippen LogP) is 1.63. The standard InChI is InChI=1S/C13H17NO4/c1-14-13-8(7-18-14)6-17-11-5-9(15-2)4-10(16-3)12(11)13/h4-5,8,13H,6-7H2,1-3H3/t8-,13-/m0/s1. The van der Waals surface area contributed by atoms with Crippen LogP contribution in [-0.4, -0.2) is 39.5 Å². The minimum absolute atomic E-state index is 0.189. The van der Waals surface area contributed by atoms with E-state index in [0.717, 1.165) is 22.8 Å². The maximum Gasteiger partial charge on any atom is 0.131 e. The summed E-state index contributed by atoms with van der Waals surface area (Å²) in [5, 5.41) is 1.89. The molecule has 0 spiro atoms. The van der Waals surface area contributed by atoms with E-state index in [-0.39, 0.29) is 6.04 Å². The van der Waals surface area contributed by atoms with Gasteiger partial charge in [-0.2, -0.15) is 5.06 Å². The third-order valence-corrected chi connectivity index (χ3v) is 3.61. The zero-order valence-corrected chi connectivity index (χ0v) is 10.8. The van der Waals surface area contributed by atoms with Crippen molar-refractivity contribution in [3.8, 4) is 17.2 Å². The number of fused-ring (bicyclic) bond motifs is 3. The first-order valence-corrected chi connectivity index (χ1v) is 5.99. The number of benzene rings is 1. The summed E-state index contributed by atoms with van der Waals surface area (Å²) in [5.41, 5.74) is 1.05. The van der Waals surface area contributed by atoms with Crippen molar-refractivity contribution in [2.24, 2.45) is 5.92 Å². The second-order valence-electron chi connectivity index (χ2n) is 4.60. The molecule has 0 bridgehead atoms. The van der Waals surface area contributed by atoms with E-state index in [2.05, 4.69) is 0 Å². The maximum absolute atomic E-state index is 5.80. The predicted molar refractivity (Wildman–Crippen MR) is 65.0 cm³/mol. The molecule has 1 fully saturated rings. The fourth-order valence-corrected chi connectivity index (χ4v) is 2.71. The monoisotopic (exact) mass is 251 g/mol. The average molecular weight is 251 g/mol. The van der Waals surface area contributed by atoms with E-state index in [4.69, 9.17) is 19.0 Å². The van der Waals surface area contributed by atoms with Crippen LogP contribution in [0.2, 0.25) is 0 Å². The van der Waals surface area contributed by atoms with Gasteiger partial charge in [0.1, 0.15) is 17.2 Å². The van der Waals surface area contributed by atoms with Crippen LogP contribution < -0.4 is 14.2 Å². The van der Waals surface area contributed by atoms with E-state index >= 15 is 0 Å². The summed E-state index contributed by atoms with van der Waals surface area (Å²) in [6.07, 6.45) is 0. The highest BCUT2D eigenvalue weighted by molar-refractivity contribution is 5.53. The maximum atomic E-state index is 5.80. The molecule has 2 aliphatic heterocycles. The van der Waals surface area contributed by atoms with Gasteiger partial charge < -0.3 is 14.2 Å². The summed E-state index contributed by atoms with van der Waals surface area (Å²) in [4.78, 5) is 5.58. The Bertz CT molecular complexity index is 445. The highest BCUT2D eigenvalue weighted by Crippen LogP contribution is 2.48. The lowest BCUT2D eigenvalue weighted by Crippen LogP contribution is -2.29. The summed E-state index contributed by atoms with van der Waals surface area (Å²) in [6.45, 7) is 1.36. The highest BCUT2D eigenvalue weighted by Gasteiger charge is 2.42. The van der Waals surface area contributed by atoms with Crippen molar-refractivity contribution in [2.45, 2.75) is 6.04 Å². The van der Waals surface area contributed by atoms with Gasteiger partial charge in [-0.15, -0.1) is 0 Å². The molecule has 98 valence electrons. The molecule has 0 aliphatic carbocycles. The molecule has 1 saturated heterocycles. The Hall–Kier alpha value is -1.46. The molecule has 2 aliphatic rings. The van der Waals surface area contributed by atoms with Gasteiger partial charge in [-0.05, 0) is 0 Å². The third kappa shape index (κ3) is 1.62. The van der Waals surface area contributed by atoms with Crippen LogP contribution in [0.3, 0.4) is 0 Å². The summed E-state index contributed by atoms with van der Waals surface area (Å²) in [6, 6.07) is 3.98. The van der Waals surface area contributed by atoms with Crippen molar-refractivity contribution >= 4 is 0 Å². The number of hydrogen-bond donors (Lipinski definition) is 0. The average Bonchev–Trinajstić information content (AvgIpc) is 2.79. The molecule has 0 aromatic heterocycles. The Balaban J connectivity index is 2.11. The van der Waals surface area contributed by atoms with Crippen molar-refractivity contribution < 1.29 is 19.0 Å². The minimum Gasteiger partial charge on any atom is -0.496 e. The molecule has 0 radical (unpaired) electrons. The van der Waals surface area contributed by atoms with E-state index < -0.39 is 0 Å². The highest BCUT2D eigenvalue weighted by atomic mass is 16.7. The van der Waals surface area contributed by atoms with Crippen molar-refractivity contribution in [1.29, 1.82) is 0 Å². The normalized spacial score (nSPS) is 26.2. The first-order chi connectivity index (χ1) is 8.74. The van der Waals surface area contributed by atoms with E-state index in [1.807, 2.05) is 24.2 Å². The lowest BCUT2D eigenvalue weighted by atomic mass is 9.91. The number of nitrogens with zero attached hydrogens (tertiary/aromatic N) is 1. The molecule has 0 amide bonds. The Morgan fingerprint density at radius 3 is 2.78 bits per heavy atom. The first kappa shape index (κ1) is 11.6. The van der Waals surface area contributed by atoms with Crippen molar-refractivity contribution in [1.82, 2.24) is 5.06 Å². The Labute approximate surface area is 106 Å². The van der Waals surface area contributed by atoms with Crippen LogP contribution >= 0.6 is 0 Å². The molecule has 0 N–H and O–H groups in total. The van der Waals surface area contributed by atoms with Gasteiger partial charge in [0.05, 0.1) is 39.0 Å². The molecule has 2 heterocycles. The second-order valence-corrected chi connectivity index (χ2v) is 4.60. The van der Waals surface area contributed by atoms with Gasteiger partial charge in [-0.25, -0.2) is 0 Å². The van der Waals surface area contributed by atoms with E-state index in [1.54, 1.807) is 14.2 Å². The number of hydrogen-bond acceptors (Lipinski definition) is 5. The van der Waals surface area contributed by atoms with Crippen LogP contribution in [0.15, 0.2) is 12.1 Å². The summed E-state index contributed by atoms with van der Waals surface area (Å²) >= 11 is 0. The molecular weight excluding hydrogens is 234 g/mol. The fourth-order valence-electron chi connectivity index (χ4n) is 2.71. The molecule has 0 saturated carbocycles. The smallest absolute Gasteiger partial charge is 0.131 e. The molecule has 5 nitrogen and oxygen atoms in total. The number of rotatable bonds is 2. The van der Waals surface area contributed by atoms with Gasteiger partial charge in [0, 0.05) is 25.1 Å². The molecule has 0 unspecified atom stereocenters. The van der Waals surface area contributed by atoms with Crippen LogP contribution in [0, 0.1) is 5.92 Å². The SMILES string of the molecule is COc1cc(OC)c2c(c1)OC[C@H]1CON(C)[C@H]21. The molecule has 18 heavy (non-hydrogen) atoms. The lowest BCUT2D eigenvalue weighted by molar-refractivity contribution is -0.111. The van der Waals surface area contributed by atoms with E-state index in [1.165, 1.54) is 0 Å². The molecular formula is C13H17NO4. The molecule has 3 rings (SSSR count). The number of hydroxylamine groups is 2. The molecule has 5 heteroatoms. The Kier molecular flexibility index (Phi) is 2.80. The lowest BCUT2D eigenvalue weighted by Gasteiger charge is -2.31. The van der Waals surface area contributed by atoms with Crippen molar-refractivity contribution in [3.63, 3.8) is 0 Å². The summed E-state index contributed by atoms with van der Waals surface area (Å²) in [5.74, 6) is 2.71. The van der Waals surface area contributed by atoms with Crippen molar-refractivity contribution in [2.75, 3.05) is 34.5 Å². The van der Waals surface area contributed by atoms with Gasteiger partial charge in [0.25, 0.3) is 0 Å². The second kappa shape index (κ2) is 4.33. The molecule has 2 atom stereocenters. The quantitative estimate of drug-likeness (QED) is 0.799. The van der Waals surface area contributed by atoms with Crippen LogP contribution in [0.4, 0.5) is 0 Å². The summed E-state index contributed by atoms with van der Waals surface area (Å²) < 4.78 is 16.5. The van der Waals surface area contributed by atoms with Crippen LogP contribution in [0.25, 0.3) is 0 Å². The zero-order valence-electron chi connectivity index (χ0n) is 10.8. The first-order valence-electron chi connectivity index (χ1n) is 5.99. The largest absolute Gasteiger partial charge is 0.496 e. The van der Waals surface area contributed by atoms with Gasteiger partial charge in [0.15, 0.2) is 0 Å². The summed E-state index contributed by atoms with van der Waals surface area (Å²) in [7, 11) is 5.25. The van der Waals surface area contributed by atoms with Gasteiger partial charge in [-0.1, -0.05) is 0 Å².